The number of aryl methyl sites for hydroxylation is 1. The van der Waals surface area contributed by atoms with Gasteiger partial charge in [0.25, 0.3) is 0 Å². The Kier molecular flexibility index (Phi) is 4.94. The number of carbonyl (C=O) groups excluding carboxylic acids is 1. The van der Waals surface area contributed by atoms with Gasteiger partial charge in [-0.15, -0.1) is 0 Å². The van der Waals surface area contributed by atoms with Crippen LogP contribution in [0, 0.1) is 6.92 Å². The van der Waals surface area contributed by atoms with Crippen molar-refractivity contribution < 1.29 is 9.53 Å². The maximum Gasteiger partial charge on any atom is 0.196 e. The fourth-order valence-corrected chi connectivity index (χ4v) is 2.20. The Bertz CT molecular complexity index is 593. The van der Waals surface area contributed by atoms with Crippen molar-refractivity contribution in [2.45, 2.75) is 20.0 Å². The Balaban J connectivity index is 2.34. The fraction of sp³-hybridized carbons (Fsp3) is 0.235. The third-order valence-electron chi connectivity index (χ3n) is 3.13. The molecule has 0 N–H and O–H groups in total. The van der Waals surface area contributed by atoms with E-state index in [0.29, 0.717) is 17.2 Å². The predicted molar refractivity (Wildman–Crippen MR) is 81.3 cm³/mol. The normalized spacial score (nSPS) is 12.2. The Morgan fingerprint density at radius 3 is 2.50 bits per heavy atom. The van der Waals surface area contributed by atoms with Crippen molar-refractivity contribution in [3.8, 4) is 0 Å². The number of ether oxygens (including phenoxy) is 1. The van der Waals surface area contributed by atoms with Crippen molar-refractivity contribution in [2.24, 2.45) is 0 Å². The second-order valence-electron chi connectivity index (χ2n) is 4.57. The van der Waals surface area contributed by atoms with Gasteiger partial charge in [-0.2, -0.15) is 0 Å². The maximum atomic E-state index is 12.6. The second kappa shape index (κ2) is 6.69. The third kappa shape index (κ3) is 3.27. The van der Waals surface area contributed by atoms with Crippen molar-refractivity contribution >= 4 is 17.4 Å². The molecule has 0 fully saturated rings. The molecular weight excluding hydrogens is 272 g/mol. The van der Waals surface area contributed by atoms with Crippen LogP contribution in [0.15, 0.2) is 48.5 Å². The number of ketones is 1. The molecule has 0 radical (unpaired) electrons. The largest absolute Gasteiger partial charge is 0.366 e. The van der Waals surface area contributed by atoms with Crippen LogP contribution in [0.5, 0.6) is 0 Å². The first-order valence-corrected chi connectivity index (χ1v) is 6.98. The highest BCUT2D eigenvalue weighted by atomic mass is 35.5. The maximum absolute atomic E-state index is 12.6. The number of Topliss-reactive ketones (excluding diaryl/α,β-unsaturated/α-hetero) is 1. The van der Waals surface area contributed by atoms with Gasteiger partial charge in [0, 0.05) is 17.2 Å². The first-order valence-electron chi connectivity index (χ1n) is 6.60. The molecule has 20 heavy (non-hydrogen) atoms. The second-order valence-corrected chi connectivity index (χ2v) is 4.98. The number of rotatable bonds is 5. The topological polar surface area (TPSA) is 26.3 Å². The average Bonchev–Trinajstić information content (AvgIpc) is 2.48. The van der Waals surface area contributed by atoms with E-state index in [4.69, 9.17) is 16.3 Å². The van der Waals surface area contributed by atoms with Crippen LogP contribution < -0.4 is 0 Å². The van der Waals surface area contributed by atoms with Crippen molar-refractivity contribution in [3.63, 3.8) is 0 Å². The molecule has 0 aliphatic heterocycles. The zero-order chi connectivity index (χ0) is 14.5. The summed E-state index contributed by atoms with van der Waals surface area (Å²) in [7, 11) is 0. The van der Waals surface area contributed by atoms with E-state index in [-0.39, 0.29) is 5.78 Å². The van der Waals surface area contributed by atoms with Gasteiger partial charge in [-0.3, -0.25) is 4.79 Å². The van der Waals surface area contributed by atoms with E-state index in [1.165, 1.54) is 0 Å². The molecule has 2 rings (SSSR count). The summed E-state index contributed by atoms with van der Waals surface area (Å²) in [5, 5.41) is 0.596. The minimum atomic E-state index is -0.583. The number of carbonyl (C=O) groups is 1. The fourth-order valence-electron chi connectivity index (χ4n) is 2.02. The molecule has 0 saturated carbocycles. The van der Waals surface area contributed by atoms with E-state index in [9.17, 15) is 4.79 Å². The molecule has 0 spiro atoms. The lowest BCUT2D eigenvalue weighted by molar-refractivity contribution is 0.0452. The highest BCUT2D eigenvalue weighted by Crippen LogP contribution is 2.25. The average molecular weight is 289 g/mol. The Morgan fingerprint density at radius 2 is 1.90 bits per heavy atom. The summed E-state index contributed by atoms with van der Waals surface area (Å²) in [6, 6.07) is 14.9. The lowest BCUT2D eigenvalue weighted by Crippen LogP contribution is -2.16. The third-order valence-corrected chi connectivity index (χ3v) is 3.54. The summed E-state index contributed by atoms with van der Waals surface area (Å²) in [6.07, 6.45) is -0.583. The summed E-state index contributed by atoms with van der Waals surface area (Å²) in [4.78, 5) is 12.6. The molecule has 1 atom stereocenters. The number of halogens is 1. The Labute approximate surface area is 124 Å². The molecule has 0 aliphatic rings. The summed E-state index contributed by atoms with van der Waals surface area (Å²) < 4.78 is 5.62. The van der Waals surface area contributed by atoms with Crippen molar-refractivity contribution in [3.05, 3.63) is 70.2 Å². The summed E-state index contributed by atoms with van der Waals surface area (Å²) in [6.45, 7) is 4.27. The van der Waals surface area contributed by atoms with Crippen molar-refractivity contribution in [1.29, 1.82) is 0 Å². The Hall–Kier alpha value is -1.64. The van der Waals surface area contributed by atoms with Crippen LogP contribution in [0.25, 0.3) is 0 Å². The van der Waals surface area contributed by atoms with E-state index in [2.05, 4.69) is 0 Å². The van der Waals surface area contributed by atoms with Gasteiger partial charge in [0.2, 0.25) is 0 Å². The van der Waals surface area contributed by atoms with Crippen LogP contribution in [0.4, 0.5) is 0 Å². The number of hydrogen-bond donors (Lipinski definition) is 0. The van der Waals surface area contributed by atoms with E-state index in [1.54, 1.807) is 12.1 Å². The lowest BCUT2D eigenvalue weighted by Gasteiger charge is -2.16. The monoisotopic (exact) mass is 288 g/mol. The van der Waals surface area contributed by atoms with Gasteiger partial charge in [0.15, 0.2) is 5.78 Å². The summed E-state index contributed by atoms with van der Waals surface area (Å²) >= 11 is 6.09. The lowest BCUT2D eigenvalue weighted by atomic mass is 9.99. The van der Waals surface area contributed by atoms with E-state index < -0.39 is 6.10 Å². The number of hydrogen-bond acceptors (Lipinski definition) is 2. The van der Waals surface area contributed by atoms with Crippen LogP contribution in [0.3, 0.4) is 0 Å². The van der Waals surface area contributed by atoms with Gasteiger partial charge in [-0.1, -0.05) is 54.1 Å². The summed E-state index contributed by atoms with van der Waals surface area (Å²) in [5.41, 5.74) is 2.38. The van der Waals surface area contributed by atoms with Gasteiger partial charge in [-0.05, 0) is 31.0 Å². The van der Waals surface area contributed by atoms with E-state index in [1.807, 2.05) is 50.2 Å². The molecule has 1 unspecified atom stereocenters. The van der Waals surface area contributed by atoms with Crippen LogP contribution >= 0.6 is 11.6 Å². The molecule has 0 saturated heterocycles. The molecule has 0 bridgehead atoms. The SMILES string of the molecule is CCOC(C(=O)c1ccc(C)c(Cl)c1)c1ccccc1. The molecule has 0 aromatic heterocycles. The van der Waals surface area contributed by atoms with Gasteiger partial charge in [-0.25, -0.2) is 0 Å². The van der Waals surface area contributed by atoms with Crippen molar-refractivity contribution in [2.75, 3.05) is 6.61 Å². The quantitative estimate of drug-likeness (QED) is 0.751. The molecule has 2 nitrogen and oxygen atoms in total. The van der Waals surface area contributed by atoms with Gasteiger partial charge in [0.1, 0.15) is 6.10 Å². The van der Waals surface area contributed by atoms with E-state index >= 15 is 0 Å². The first-order chi connectivity index (χ1) is 9.63. The van der Waals surface area contributed by atoms with Gasteiger partial charge >= 0.3 is 0 Å². The number of benzene rings is 2. The van der Waals surface area contributed by atoms with Gasteiger partial charge in [0.05, 0.1) is 0 Å². The Morgan fingerprint density at radius 1 is 1.20 bits per heavy atom. The smallest absolute Gasteiger partial charge is 0.196 e. The molecule has 0 aliphatic carbocycles. The van der Waals surface area contributed by atoms with Crippen LogP contribution in [-0.4, -0.2) is 12.4 Å². The highest BCUT2D eigenvalue weighted by Gasteiger charge is 2.22. The van der Waals surface area contributed by atoms with Crippen LogP contribution in [0.2, 0.25) is 5.02 Å². The molecule has 104 valence electrons. The van der Waals surface area contributed by atoms with Crippen LogP contribution in [0.1, 0.15) is 34.5 Å². The van der Waals surface area contributed by atoms with Crippen LogP contribution in [-0.2, 0) is 4.74 Å². The molecule has 2 aromatic rings. The molecular formula is C17H17ClO2. The minimum absolute atomic E-state index is 0.0695. The van der Waals surface area contributed by atoms with E-state index in [0.717, 1.165) is 11.1 Å². The first kappa shape index (κ1) is 14.8. The zero-order valence-corrected chi connectivity index (χ0v) is 12.4. The van der Waals surface area contributed by atoms with Crippen molar-refractivity contribution in [1.82, 2.24) is 0 Å². The standard InChI is InChI=1S/C17H17ClO2/c1-3-20-17(13-7-5-4-6-8-13)16(19)14-10-9-12(2)15(18)11-14/h4-11,17H,3H2,1-2H3. The molecule has 0 heterocycles. The predicted octanol–water partition coefficient (Wildman–Crippen LogP) is 4.61. The molecule has 0 amide bonds. The highest BCUT2D eigenvalue weighted by molar-refractivity contribution is 6.31. The molecule has 3 heteroatoms. The summed E-state index contributed by atoms with van der Waals surface area (Å²) in [5.74, 6) is -0.0695. The molecule has 2 aromatic carbocycles. The minimum Gasteiger partial charge on any atom is -0.366 e. The van der Waals surface area contributed by atoms with Gasteiger partial charge < -0.3 is 4.74 Å². The zero-order valence-electron chi connectivity index (χ0n) is 11.6.